The first-order valence-electron chi connectivity index (χ1n) is 3.95. The molecular formula is C11H15CoI2O. The molecule has 2 radical (unpaired) electrons. The molecule has 0 atom stereocenters. The van der Waals surface area contributed by atoms with Crippen molar-refractivity contribution in [2.24, 2.45) is 5.41 Å². The van der Waals surface area contributed by atoms with Crippen LogP contribution in [0.25, 0.3) is 0 Å². The van der Waals surface area contributed by atoms with E-state index < -0.39 is 0 Å². The van der Waals surface area contributed by atoms with E-state index in [1.165, 1.54) is 16.7 Å². The van der Waals surface area contributed by atoms with E-state index in [4.69, 9.17) is 4.65 Å². The Kier molecular flexibility index (Phi) is 17.3. The Morgan fingerprint density at radius 1 is 1.07 bits per heavy atom. The van der Waals surface area contributed by atoms with Crippen LogP contribution in [0.3, 0.4) is 0 Å². The molecule has 4 heteroatoms. The van der Waals surface area contributed by atoms with E-state index in [9.17, 15) is 0 Å². The van der Waals surface area contributed by atoms with E-state index >= 15 is 0 Å². The smallest absolute Gasteiger partial charge is 1.00 e. The quantitative estimate of drug-likeness (QED) is 0.203. The summed E-state index contributed by atoms with van der Waals surface area (Å²) >= 11 is 0. The minimum absolute atomic E-state index is 0. The number of rotatable bonds is 0. The van der Waals surface area contributed by atoms with Gasteiger partial charge < -0.3 is 48.0 Å². The third-order valence-corrected chi connectivity index (χ3v) is 2.56. The Morgan fingerprint density at radius 2 is 1.40 bits per heavy atom. The first kappa shape index (κ1) is 25.1. The number of halogens is 2. The molecule has 0 fully saturated rings. The van der Waals surface area contributed by atoms with Crippen LogP contribution in [0.15, 0.2) is 16.7 Å². The summed E-state index contributed by atoms with van der Waals surface area (Å²) < 4.78 is 7.50. The molecule has 0 aliphatic heterocycles. The largest absolute Gasteiger partial charge is 2.00 e. The Balaban J connectivity index is -0.000000114. The van der Waals surface area contributed by atoms with Crippen molar-refractivity contribution in [1.29, 1.82) is 0 Å². The molecule has 0 aromatic carbocycles. The number of allylic oxidation sites excluding steroid dienone is 4. The summed E-state index contributed by atoms with van der Waals surface area (Å²) in [6.07, 6.45) is 3.44. The third kappa shape index (κ3) is 6.48. The second-order valence-corrected chi connectivity index (χ2v) is 3.62. The molecule has 88 valence electrons. The van der Waals surface area contributed by atoms with Gasteiger partial charge in [-0.05, 0) is 38.0 Å². The van der Waals surface area contributed by atoms with Crippen LogP contribution >= 0.6 is 0 Å². The van der Waals surface area contributed by atoms with Gasteiger partial charge in [0.25, 0.3) is 0 Å². The van der Waals surface area contributed by atoms with Crippen molar-refractivity contribution in [1.82, 2.24) is 0 Å². The molecule has 15 heavy (non-hydrogen) atoms. The maximum atomic E-state index is 7.50. The SMILES string of the molecule is CC1=[C]C(C)(C)C(C)=C1C.[C-]#[O+].[Co+2].[I-].[I-]. The molecule has 0 heterocycles. The minimum atomic E-state index is 0. The third-order valence-electron chi connectivity index (χ3n) is 2.56. The Labute approximate surface area is 137 Å². The molecule has 0 bridgehead atoms. The molecule has 0 saturated heterocycles. The molecule has 1 aliphatic rings. The van der Waals surface area contributed by atoms with E-state index in [0.717, 1.165) is 0 Å². The van der Waals surface area contributed by atoms with Gasteiger partial charge in [-0.25, -0.2) is 0 Å². The fraction of sp³-hybridized carbons (Fsp3) is 0.545. The van der Waals surface area contributed by atoms with Crippen molar-refractivity contribution in [3.63, 3.8) is 0 Å². The Hall–Kier alpha value is 1.19. The van der Waals surface area contributed by atoms with E-state index in [0.29, 0.717) is 0 Å². The van der Waals surface area contributed by atoms with Crippen LogP contribution in [0, 0.1) is 18.1 Å². The second kappa shape index (κ2) is 10.3. The van der Waals surface area contributed by atoms with Gasteiger partial charge >= 0.3 is 28.1 Å². The topological polar surface area (TPSA) is 19.9 Å². The Bertz CT molecular complexity index is 265. The van der Waals surface area contributed by atoms with Gasteiger partial charge in [0.05, 0.1) is 0 Å². The average molecular weight is 476 g/mol. The van der Waals surface area contributed by atoms with Crippen LogP contribution in [-0.2, 0) is 21.4 Å². The molecule has 0 saturated carbocycles. The molecular weight excluding hydrogens is 461 g/mol. The van der Waals surface area contributed by atoms with Crippen molar-refractivity contribution >= 4 is 0 Å². The normalized spacial score (nSPS) is 15.8. The molecule has 0 aromatic heterocycles. The standard InChI is InChI=1S/C10H15.CO.Co.2HI/c1-7-6-10(4,5)9(3)8(7)2;1-2;;;/h1-5H3;;;2*1H/q;;+2;;/p-2. The van der Waals surface area contributed by atoms with Crippen LogP contribution in [0.4, 0.5) is 0 Å². The summed E-state index contributed by atoms with van der Waals surface area (Å²) in [4.78, 5) is 0. The summed E-state index contributed by atoms with van der Waals surface area (Å²) in [5.41, 5.74) is 4.39. The van der Waals surface area contributed by atoms with E-state index in [2.05, 4.69) is 47.3 Å². The summed E-state index contributed by atoms with van der Waals surface area (Å²) in [5.74, 6) is 0. The van der Waals surface area contributed by atoms with Gasteiger partial charge in [-0.1, -0.05) is 19.4 Å². The summed E-state index contributed by atoms with van der Waals surface area (Å²) in [5, 5.41) is 0. The van der Waals surface area contributed by atoms with E-state index in [1.54, 1.807) is 0 Å². The van der Waals surface area contributed by atoms with Gasteiger partial charge in [0.1, 0.15) is 0 Å². The van der Waals surface area contributed by atoms with Crippen molar-refractivity contribution < 1.29 is 69.4 Å². The van der Waals surface area contributed by atoms with Gasteiger partial charge in [-0.2, -0.15) is 0 Å². The summed E-state index contributed by atoms with van der Waals surface area (Å²) in [7, 11) is 0. The zero-order chi connectivity index (χ0) is 9.94. The van der Waals surface area contributed by atoms with Crippen molar-refractivity contribution in [3.05, 3.63) is 29.4 Å². The van der Waals surface area contributed by atoms with Crippen LogP contribution < -0.4 is 48.0 Å². The summed E-state index contributed by atoms with van der Waals surface area (Å²) in [6, 6.07) is 0. The second-order valence-electron chi connectivity index (χ2n) is 3.62. The molecule has 1 rings (SSSR count). The zero-order valence-corrected chi connectivity index (χ0v) is 14.9. The maximum Gasteiger partial charge on any atom is 2.00 e. The zero-order valence-electron chi connectivity index (χ0n) is 9.50. The maximum absolute atomic E-state index is 7.50. The van der Waals surface area contributed by atoms with Gasteiger partial charge in [-0.3, -0.25) is 0 Å². The van der Waals surface area contributed by atoms with Crippen molar-refractivity contribution in [3.8, 4) is 0 Å². The number of hydrogen-bond acceptors (Lipinski definition) is 0. The molecule has 0 amide bonds. The molecule has 0 N–H and O–H groups in total. The van der Waals surface area contributed by atoms with Crippen molar-refractivity contribution in [2.75, 3.05) is 0 Å². The van der Waals surface area contributed by atoms with E-state index in [-0.39, 0.29) is 70.1 Å². The molecule has 0 spiro atoms. The fourth-order valence-electron chi connectivity index (χ4n) is 1.41. The van der Waals surface area contributed by atoms with Crippen molar-refractivity contribution in [2.45, 2.75) is 34.6 Å². The molecule has 1 aliphatic carbocycles. The fourth-order valence-corrected chi connectivity index (χ4v) is 1.41. The summed E-state index contributed by atoms with van der Waals surface area (Å²) in [6.45, 7) is 15.4. The van der Waals surface area contributed by atoms with Crippen LogP contribution in [0.5, 0.6) is 0 Å². The van der Waals surface area contributed by atoms with Gasteiger partial charge in [0.15, 0.2) is 0 Å². The number of hydrogen-bond donors (Lipinski definition) is 0. The minimum Gasteiger partial charge on any atom is -1.00 e. The van der Waals surface area contributed by atoms with Crippen LogP contribution in [0.2, 0.25) is 0 Å². The van der Waals surface area contributed by atoms with Gasteiger partial charge in [-0.15, -0.1) is 0 Å². The predicted octanol–water partition coefficient (Wildman–Crippen LogP) is -2.92. The average Bonchev–Trinajstić information content (AvgIpc) is 2.19. The molecule has 0 aromatic rings. The first-order valence-corrected chi connectivity index (χ1v) is 3.95. The first-order chi connectivity index (χ1) is 5.45. The van der Waals surface area contributed by atoms with Gasteiger partial charge in [0, 0.05) is 5.41 Å². The predicted molar refractivity (Wildman–Crippen MR) is 48.5 cm³/mol. The van der Waals surface area contributed by atoms with Gasteiger partial charge in [0.2, 0.25) is 0 Å². The van der Waals surface area contributed by atoms with Crippen LogP contribution in [-0.4, -0.2) is 0 Å². The Morgan fingerprint density at radius 3 is 1.47 bits per heavy atom. The molecule has 0 unspecified atom stereocenters. The van der Waals surface area contributed by atoms with Crippen LogP contribution in [0.1, 0.15) is 34.6 Å². The van der Waals surface area contributed by atoms with E-state index in [1.807, 2.05) is 0 Å². The monoisotopic (exact) mass is 476 g/mol. The molecule has 1 nitrogen and oxygen atoms in total.